The number of rotatable bonds is 5. The summed E-state index contributed by atoms with van der Waals surface area (Å²) in [5.74, 6) is -1.17. The van der Waals surface area contributed by atoms with Crippen molar-refractivity contribution in [3.63, 3.8) is 0 Å². The van der Waals surface area contributed by atoms with Gasteiger partial charge in [0.05, 0.1) is 7.11 Å². The summed E-state index contributed by atoms with van der Waals surface area (Å²) in [6, 6.07) is 6.36. The number of aryl methyl sites for hydroxylation is 1. The normalized spacial score (nSPS) is 10.3. The van der Waals surface area contributed by atoms with E-state index in [9.17, 15) is 9.18 Å². The van der Waals surface area contributed by atoms with Crippen molar-refractivity contribution >= 4 is 17.3 Å². The molecule has 0 radical (unpaired) electrons. The van der Waals surface area contributed by atoms with E-state index in [1.54, 1.807) is 25.1 Å². The molecule has 0 aliphatic rings. The third kappa shape index (κ3) is 2.91. The first kappa shape index (κ1) is 14.3. The van der Waals surface area contributed by atoms with Crippen LogP contribution in [0.3, 0.4) is 0 Å². The van der Waals surface area contributed by atoms with E-state index in [0.717, 1.165) is 16.2 Å². The molecule has 0 aliphatic carbocycles. The summed E-state index contributed by atoms with van der Waals surface area (Å²) < 4.78 is 24.2. The maximum atomic E-state index is 13.9. The van der Waals surface area contributed by atoms with Crippen molar-refractivity contribution < 1.29 is 23.8 Å². The monoisotopic (exact) mass is 296 g/mol. The van der Waals surface area contributed by atoms with Crippen LogP contribution in [0.15, 0.2) is 24.3 Å². The maximum absolute atomic E-state index is 13.9. The molecule has 0 unspecified atom stereocenters. The summed E-state index contributed by atoms with van der Waals surface area (Å²) in [5.41, 5.74) is 0.310. The van der Waals surface area contributed by atoms with Gasteiger partial charge in [-0.3, -0.25) is 0 Å². The van der Waals surface area contributed by atoms with Gasteiger partial charge in [0.15, 0.2) is 16.4 Å². The fourth-order valence-corrected chi connectivity index (χ4v) is 2.52. The molecule has 0 saturated heterocycles. The van der Waals surface area contributed by atoms with E-state index < -0.39 is 11.8 Å². The van der Waals surface area contributed by atoms with Gasteiger partial charge in [0.2, 0.25) is 0 Å². The van der Waals surface area contributed by atoms with Crippen LogP contribution in [0.5, 0.6) is 11.5 Å². The highest BCUT2D eigenvalue weighted by atomic mass is 32.1. The Morgan fingerprint density at radius 1 is 1.40 bits per heavy atom. The molecule has 6 heteroatoms. The number of carboxylic acid groups (broad SMARTS) is 1. The van der Waals surface area contributed by atoms with E-state index in [1.807, 2.05) is 0 Å². The van der Waals surface area contributed by atoms with Crippen molar-refractivity contribution in [3.05, 3.63) is 45.4 Å². The Morgan fingerprint density at radius 3 is 2.80 bits per heavy atom. The van der Waals surface area contributed by atoms with E-state index >= 15 is 0 Å². The van der Waals surface area contributed by atoms with E-state index in [4.69, 9.17) is 14.6 Å². The summed E-state index contributed by atoms with van der Waals surface area (Å²) >= 11 is 1.13. The van der Waals surface area contributed by atoms with E-state index in [2.05, 4.69) is 0 Å². The summed E-state index contributed by atoms with van der Waals surface area (Å²) in [7, 11) is 1.38. The summed E-state index contributed by atoms with van der Waals surface area (Å²) in [6.07, 6.45) is 0. The lowest BCUT2D eigenvalue weighted by Crippen LogP contribution is -2.02. The smallest absolute Gasteiger partial charge is 0.349 e. The molecule has 0 atom stereocenters. The molecule has 1 N–H and O–H groups in total. The van der Waals surface area contributed by atoms with E-state index in [1.165, 1.54) is 13.2 Å². The quantitative estimate of drug-likeness (QED) is 0.917. The summed E-state index contributed by atoms with van der Waals surface area (Å²) in [6.45, 7) is 1.73. The fraction of sp³-hybridized carbons (Fsp3) is 0.214. The number of carbonyl (C=O) groups is 1. The molecule has 0 saturated carbocycles. The van der Waals surface area contributed by atoms with Crippen LogP contribution < -0.4 is 9.47 Å². The van der Waals surface area contributed by atoms with Gasteiger partial charge >= 0.3 is 5.97 Å². The number of benzene rings is 1. The average molecular weight is 296 g/mol. The van der Waals surface area contributed by atoms with Gasteiger partial charge in [-0.05, 0) is 19.1 Å². The Morgan fingerprint density at radius 2 is 2.15 bits per heavy atom. The highest BCUT2D eigenvalue weighted by Crippen LogP contribution is 2.30. The number of hydrogen-bond donors (Lipinski definition) is 1. The van der Waals surface area contributed by atoms with E-state index in [0.29, 0.717) is 5.56 Å². The average Bonchev–Trinajstić information content (AvgIpc) is 2.79. The molecule has 0 bridgehead atoms. The Hall–Kier alpha value is -2.08. The van der Waals surface area contributed by atoms with Crippen molar-refractivity contribution in [2.24, 2.45) is 0 Å². The van der Waals surface area contributed by atoms with Crippen LogP contribution >= 0.6 is 11.3 Å². The Labute approximate surface area is 119 Å². The lowest BCUT2D eigenvalue weighted by atomic mass is 10.2. The topological polar surface area (TPSA) is 55.8 Å². The number of ether oxygens (including phenoxy) is 2. The van der Waals surface area contributed by atoms with Crippen molar-refractivity contribution in [3.8, 4) is 11.5 Å². The second kappa shape index (κ2) is 5.92. The second-order valence-electron chi connectivity index (χ2n) is 4.08. The van der Waals surface area contributed by atoms with Crippen LogP contribution in [0.2, 0.25) is 0 Å². The first-order valence-electron chi connectivity index (χ1n) is 5.81. The van der Waals surface area contributed by atoms with Gasteiger partial charge in [0.25, 0.3) is 0 Å². The Bertz CT molecular complexity index is 636. The number of carboxylic acids is 1. The van der Waals surface area contributed by atoms with Crippen LogP contribution in [0.4, 0.5) is 4.39 Å². The first-order chi connectivity index (χ1) is 9.52. The van der Waals surface area contributed by atoms with Gasteiger partial charge in [-0.15, -0.1) is 11.3 Å². The molecule has 2 rings (SSSR count). The molecule has 2 aromatic rings. The molecular weight excluding hydrogens is 283 g/mol. The van der Waals surface area contributed by atoms with Crippen LogP contribution in [0.25, 0.3) is 0 Å². The van der Waals surface area contributed by atoms with Crippen LogP contribution in [-0.4, -0.2) is 18.2 Å². The zero-order valence-electron chi connectivity index (χ0n) is 11.0. The van der Waals surface area contributed by atoms with Gasteiger partial charge in [-0.25, -0.2) is 9.18 Å². The van der Waals surface area contributed by atoms with Crippen molar-refractivity contribution in [2.75, 3.05) is 7.11 Å². The molecule has 1 aromatic heterocycles. The predicted molar refractivity (Wildman–Crippen MR) is 73.3 cm³/mol. The standard InChI is InChI=1S/C14H13FO4S/c1-8-6-11(13(20-8)14(16)17)19-7-9-4-3-5-10(18-2)12(9)15/h3-6H,7H2,1-2H3,(H,16,17). The summed E-state index contributed by atoms with van der Waals surface area (Å²) in [5, 5.41) is 9.05. The number of halogens is 1. The zero-order valence-corrected chi connectivity index (χ0v) is 11.8. The Balaban J connectivity index is 2.19. The fourth-order valence-electron chi connectivity index (χ4n) is 1.73. The van der Waals surface area contributed by atoms with Crippen molar-refractivity contribution in [1.82, 2.24) is 0 Å². The van der Waals surface area contributed by atoms with Crippen LogP contribution in [0.1, 0.15) is 20.1 Å². The molecule has 0 aliphatic heterocycles. The highest BCUT2D eigenvalue weighted by Gasteiger charge is 2.16. The van der Waals surface area contributed by atoms with Crippen molar-refractivity contribution in [2.45, 2.75) is 13.5 Å². The summed E-state index contributed by atoms with van der Waals surface area (Å²) in [4.78, 5) is 12.0. The molecule has 0 spiro atoms. The minimum absolute atomic E-state index is 0.0561. The molecular formula is C14H13FO4S. The third-order valence-corrected chi connectivity index (χ3v) is 3.68. The molecule has 106 valence electrons. The third-order valence-electron chi connectivity index (χ3n) is 2.66. The maximum Gasteiger partial charge on any atom is 0.349 e. The molecule has 1 aromatic carbocycles. The highest BCUT2D eigenvalue weighted by molar-refractivity contribution is 7.14. The van der Waals surface area contributed by atoms with Crippen molar-refractivity contribution in [1.29, 1.82) is 0 Å². The predicted octanol–water partition coefficient (Wildman–Crippen LogP) is 3.48. The first-order valence-corrected chi connectivity index (χ1v) is 6.62. The largest absolute Gasteiger partial charge is 0.494 e. The molecule has 1 heterocycles. The minimum Gasteiger partial charge on any atom is -0.494 e. The number of aromatic carboxylic acids is 1. The lowest BCUT2D eigenvalue weighted by molar-refractivity contribution is 0.0697. The zero-order chi connectivity index (χ0) is 14.7. The van der Waals surface area contributed by atoms with Gasteiger partial charge in [-0.1, -0.05) is 12.1 Å². The molecule has 20 heavy (non-hydrogen) atoms. The van der Waals surface area contributed by atoms with Gasteiger partial charge in [0.1, 0.15) is 12.4 Å². The van der Waals surface area contributed by atoms with Gasteiger partial charge < -0.3 is 14.6 Å². The molecule has 4 nitrogen and oxygen atoms in total. The molecule has 0 fully saturated rings. The van der Waals surface area contributed by atoms with Gasteiger partial charge in [-0.2, -0.15) is 0 Å². The number of thiophene rings is 1. The lowest BCUT2D eigenvalue weighted by Gasteiger charge is -2.09. The minimum atomic E-state index is -1.05. The number of hydrogen-bond acceptors (Lipinski definition) is 4. The van der Waals surface area contributed by atoms with Crippen LogP contribution in [0, 0.1) is 12.7 Å². The number of methoxy groups -OCH3 is 1. The SMILES string of the molecule is COc1cccc(COc2cc(C)sc2C(=O)O)c1F. The van der Waals surface area contributed by atoms with Crippen LogP contribution in [-0.2, 0) is 6.61 Å². The van der Waals surface area contributed by atoms with E-state index in [-0.39, 0.29) is 23.0 Å². The Kier molecular flexibility index (Phi) is 4.24. The second-order valence-corrected chi connectivity index (χ2v) is 5.33. The molecule has 0 amide bonds. The van der Waals surface area contributed by atoms with Gasteiger partial charge in [0, 0.05) is 10.4 Å².